The molecule has 0 fully saturated rings. The highest BCUT2D eigenvalue weighted by Gasteiger charge is 2.20. The molecule has 19 heavy (non-hydrogen) atoms. The first-order valence-electron chi connectivity index (χ1n) is 5.46. The van der Waals surface area contributed by atoms with Crippen LogP contribution in [0.4, 0.5) is 14.5 Å². The molecule has 0 amide bonds. The number of anilines is 1. The number of carbonyl (C=O) groups is 1. The van der Waals surface area contributed by atoms with Gasteiger partial charge in [-0.05, 0) is 36.8 Å². The predicted octanol–water partition coefficient (Wildman–Crippen LogP) is 3.85. The van der Waals surface area contributed by atoms with Gasteiger partial charge in [-0.15, -0.1) is 0 Å². The molecule has 2 N–H and O–H groups in total. The number of carbonyl (C=O) groups excluding carboxylic acids is 1. The van der Waals surface area contributed by atoms with E-state index in [-0.39, 0.29) is 22.4 Å². The summed E-state index contributed by atoms with van der Waals surface area (Å²) in [4.78, 5) is 12.2. The number of nitrogen functional groups attached to an aromatic ring is 1. The molecule has 0 radical (unpaired) electrons. The van der Waals surface area contributed by atoms with Gasteiger partial charge in [0, 0.05) is 15.7 Å². The van der Waals surface area contributed by atoms with Crippen molar-refractivity contribution in [1.82, 2.24) is 0 Å². The zero-order valence-corrected chi connectivity index (χ0v) is 11.6. The topological polar surface area (TPSA) is 43.1 Å². The van der Waals surface area contributed by atoms with Crippen LogP contribution in [0.2, 0.25) is 0 Å². The average Bonchev–Trinajstić information content (AvgIpc) is 2.35. The standard InChI is InChI=1S/C14H10BrF2NO/c1-7-2-4-10(13(17)12(7)16)14(19)9-5-3-8(15)6-11(9)18/h2-6H,18H2,1H3. The van der Waals surface area contributed by atoms with Gasteiger partial charge >= 0.3 is 0 Å². The van der Waals surface area contributed by atoms with Crippen molar-refractivity contribution in [2.75, 3.05) is 5.73 Å². The molecule has 0 aliphatic rings. The second-order valence-electron chi connectivity index (χ2n) is 4.12. The van der Waals surface area contributed by atoms with Crippen LogP contribution in [0.15, 0.2) is 34.8 Å². The molecular weight excluding hydrogens is 316 g/mol. The molecule has 0 aliphatic heterocycles. The van der Waals surface area contributed by atoms with E-state index in [0.717, 1.165) is 0 Å². The number of nitrogens with two attached hydrogens (primary N) is 1. The van der Waals surface area contributed by atoms with Gasteiger partial charge in [0.05, 0.1) is 5.56 Å². The van der Waals surface area contributed by atoms with E-state index in [4.69, 9.17) is 5.73 Å². The number of halogens is 3. The molecule has 0 unspecified atom stereocenters. The lowest BCUT2D eigenvalue weighted by molar-refractivity contribution is 0.103. The summed E-state index contributed by atoms with van der Waals surface area (Å²) in [6.07, 6.45) is 0. The van der Waals surface area contributed by atoms with Crippen molar-refractivity contribution in [3.63, 3.8) is 0 Å². The molecule has 0 heterocycles. The number of aryl methyl sites for hydroxylation is 1. The Morgan fingerprint density at radius 2 is 1.74 bits per heavy atom. The van der Waals surface area contributed by atoms with E-state index in [1.807, 2.05) is 0 Å². The molecule has 2 nitrogen and oxygen atoms in total. The fourth-order valence-corrected chi connectivity index (χ4v) is 2.09. The Morgan fingerprint density at radius 3 is 2.37 bits per heavy atom. The molecule has 0 saturated heterocycles. The van der Waals surface area contributed by atoms with Gasteiger partial charge in [-0.25, -0.2) is 8.78 Å². The highest BCUT2D eigenvalue weighted by atomic mass is 79.9. The Balaban J connectivity index is 2.53. The van der Waals surface area contributed by atoms with Crippen LogP contribution >= 0.6 is 15.9 Å². The second kappa shape index (κ2) is 5.09. The van der Waals surface area contributed by atoms with Crippen molar-refractivity contribution >= 4 is 27.4 Å². The van der Waals surface area contributed by atoms with Crippen LogP contribution in [0.25, 0.3) is 0 Å². The number of ketones is 1. The fourth-order valence-electron chi connectivity index (χ4n) is 1.71. The Morgan fingerprint density at radius 1 is 1.11 bits per heavy atom. The maximum absolute atomic E-state index is 13.8. The van der Waals surface area contributed by atoms with Gasteiger partial charge in [-0.2, -0.15) is 0 Å². The maximum atomic E-state index is 13.8. The lowest BCUT2D eigenvalue weighted by Crippen LogP contribution is -2.09. The van der Waals surface area contributed by atoms with Gasteiger partial charge in [-0.1, -0.05) is 22.0 Å². The number of hydrogen-bond donors (Lipinski definition) is 1. The van der Waals surface area contributed by atoms with E-state index in [2.05, 4.69) is 15.9 Å². The minimum absolute atomic E-state index is 0.144. The summed E-state index contributed by atoms with van der Waals surface area (Å²) in [6.45, 7) is 1.43. The molecule has 5 heteroatoms. The highest BCUT2D eigenvalue weighted by Crippen LogP contribution is 2.24. The van der Waals surface area contributed by atoms with E-state index in [0.29, 0.717) is 4.47 Å². The Bertz CT molecular complexity index is 671. The van der Waals surface area contributed by atoms with Crippen LogP contribution in [0, 0.1) is 18.6 Å². The van der Waals surface area contributed by atoms with Crippen LogP contribution < -0.4 is 5.73 Å². The summed E-state index contributed by atoms with van der Waals surface area (Å²) in [5, 5.41) is 0. The van der Waals surface area contributed by atoms with Crippen molar-refractivity contribution in [2.24, 2.45) is 0 Å². The monoisotopic (exact) mass is 325 g/mol. The molecule has 2 rings (SSSR count). The van der Waals surface area contributed by atoms with E-state index >= 15 is 0 Å². The summed E-state index contributed by atoms with van der Waals surface area (Å²) in [7, 11) is 0. The molecule has 2 aromatic carbocycles. The molecule has 0 atom stereocenters. The van der Waals surface area contributed by atoms with E-state index in [9.17, 15) is 13.6 Å². The van der Waals surface area contributed by atoms with Crippen LogP contribution in [-0.2, 0) is 0 Å². The Kier molecular flexibility index (Phi) is 3.66. The lowest BCUT2D eigenvalue weighted by atomic mass is 10.00. The summed E-state index contributed by atoms with van der Waals surface area (Å²) < 4.78 is 27.9. The normalized spacial score (nSPS) is 10.5. The van der Waals surface area contributed by atoms with Crippen molar-refractivity contribution in [1.29, 1.82) is 0 Å². The SMILES string of the molecule is Cc1ccc(C(=O)c2ccc(Br)cc2N)c(F)c1F. The van der Waals surface area contributed by atoms with Crippen LogP contribution in [0.5, 0.6) is 0 Å². The predicted molar refractivity (Wildman–Crippen MR) is 73.1 cm³/mol. The minimum atomic E-state index is -1.15. The highest BCUT2D eigenvalue weighted by molar-refractivity contribution is 9.10. The molecule has 0 bridgehead atoms. The van der Waals surface area contributed by atoms with E-state index in [1.54, 1.807) is 6.07 Å². The molecular formula is C14H10BrF2NO. The summed E-state index contributed by atoms with van der Waals surface area (Å²) in [5.41, 5.74) is 5.89. The number of benzene rings is 2. The summed E-state index contributed by atoms with van der Waals surface area (Å²) in [6, 6.07) is 7.25. The third kappa shape index (κ3) is 2.51. The van der Waals surface area contributed by atoms with Crippen LogP contribution in [0.3, 0.4) is 0 Å². The molecule has 0 aromatic heterocycles. The number of rotatable bonds is 2. The molecule has 98 valence electrons. The summed E-state index contributed by atoms with van der Waals surface area (Å²) >= 11 is 3.21. The first-order valence-corrected chi connectivity index (χ1v) is 6.25. The largest absolute Gasteiger partial charge is 0.398 e. The minimum Gasteiger partial charge on any atom is -0.398 e. The van der Waals surface area contributed by atoms with Gasteiger partial charge < -0.3 is 5.73 Å². The quantitative estimate of drug-likeness (QED) is 0.673. The van der Waals surface area contributed by atoms with Crippen LogP contribution in [0.1, 0.15) is 21.5 Å². The first-order chi connectivity index (χ1) is 8.91. The lowest BCUT2D eigenvalue weighted by Gasteiger charge is -2.08. The van der Waals surface area contributed by atoms with E-state index < -0.39 is 17.4 Å². The third-order valence-corrected chi connectivity index (χ3v) is 3.27. The molecule has 0 spiro atoms. The van der Waals surface area contributed by atoms with Crippen molar-refractivity contribution in [3.8, 4) is 0 Å². The number of hydrogen-bond acceptors (Lipinski definition) is 2. The van der Waals surface area contributed by atoms with Crippen molar-refractivity contribution < 1.29 is 13.6 Å². The molecule has 0 saturated carbocycles. The Labute approximate surface area is 117 Å². The van der Waals surface area contributed by atoms with E-state index in [1.165, 1.54) is 31.2 Å². The molecule has 2 aromatic rings. The average molecular weight is 326 g/mol. The Hall–Kier alpha value is -1.75. The zero-order chi connectivity index (χ0) is 14.2. The smallest absolute Gasteiger partial charge is 0.198 e. The van der Waals surface area contributed by atoms with Crippen LogP contribution in [-0.4, -0.2) is 5.78 Å². The fraction of sp³-hybridized carbons (Fsp3) is 0.0714. The zero-order valence-electron chi connectivity index (χ0n) is 10.0. The van der Waals surface area contributed by atoms with Crippen molar-refractivity contribution in [3.05, 3.63) is 63.1 Å². The van der Waals surface area contributed by atoms with Gasteiger partial charge in [0.25, 0.3) is 0 Å². The first kappa shape index (κ1) is 13.7. The van der Waals surface area contributed by atoms with Gasteiger partial charge in [0.1, 0.15) is 0 Å². The summed E-state index contributed by atoms with van der Waals surface area (Å²) in [5.74, 6) is -2.80. The van der Waals surface area contributed by atoms with Crippen molar-refractivity contribution in [2.45, 2.75) is 6.92 Å². The third-order valence-electron chi connectivity index (χ3n) is 2.78. The van der Waals surface area contributed by atoms with Gasteiger partial charge in [0.2, 0.25) is 0 Å². The maximum Gasteiger partial charge on any atom is 0.198 e. The van der Waals surface area contributed by atoms with Gasteiger partial charge in [0.15, 0.2) is 17.4 Å². The second-order valence-corrected chi connectivity index (χ2v) is 5.03. The molecule has 0 aliphatic carbocycles. The van der Waals surface area contributed by atoms with Gasteiger partial charge in [-0.3, -0.25) is 4.79 Å².